The Labute approximate surface area is 140 Å². The molecule has 0 aliphatic heterocycles. The molecule has 2 aromatic carbocycles. The molecule has 0 spiro atoms. The van der Waals surface area contributed by atoms with Gasteiger partial charge >= 0.3 is 0 Å². The maximum Gasteiger partial charge on any atom is 0.256 e. The summed E-state index contributed by atoms with van der Waals surface area (Å²) in [5, 5.41) is 7.97. The number of benzene rings is 2. The average Bonchev–Trinajstić information content (AvgIpc) is 3.35. The zero-order chi connectivity index (χ0) is 16.5. The molecule has 1 N–H and O–H groups in total. The molecule has 0 atom stereocenters. The monoisotopic (exact) mass is 321 g/mol. The van der Waals surface area contributed by atoms with Gasteiger partial charge in [-0.15, -0.1) is 0 Å². The number of hydrogen-bond acceptors (Lipinski definition) is 3. The van der Waals surface area contributed by atoms with Crippen molar-refractivity contribution >= 4 is 16.8 Å². The highest BCUT2D eigenvalue weighted by molar-refractivity contribution is 6.05. The third-order valence-corrected chi connectivity index (χ3v) is 4.47. The molecular formula is C19H19N3O2. The van der Waals surface area contributed by atoms with Crippen LogP contribution in [-0.2, 0) is 6.54 Å². The zero-order valence-corrected chi connectivity index (χ0v) is 13.5. The SMILES string of the molecule is COc1ccc(CN(C(=O)c2cccc3cn[nH]c23)C2CC2)cc1. The minimum Gasteiger partial charge on any atom is -0.497 e. The Kier molecular flexibility index (Phi) is 3.69. The predicted molar refractivity (Wildman–Crippen MR) is 92.0 cm³/mol. The molecule has 24 heavy (non-hydrogen) atoms. The number of rotatable bonds is 5. The highest BCUT2D eigenvalue weighted by Gasteiger charge is 2.33. The van der Waals surface area contributed by atoms with Gasteiger partial charge in [-0.3, -0.25) is 9.89 Å². The van der Waals surface area contributed by atoms with Crippen LogP contribution in [0.2, 0.25) is 0 Å². The number of ether oxygens (including phenoxy) is 1. The van der Waals surface area contributed by atoms with Crippen molar-refractivity contribution in [3.63, 3.8) is 0 Å². The molecule has 1 aromatic heterocycles. The van der Waals surface area contributed by atoms with Gasteiger partial charge in [0.2, 0.25) is 0 Å². The van der Waals surface area contributed by atoms with E-state index in [4.69, 9.17) is 4.74 Å². The van der Waals surface area contributed by atoms with E-state index in [1.807, 2.05) is 47.4 Å². The first-order valence-electron chi connectivity index (χ1n) is 8.12. The Morgan fingerprint density at radius 2 is 2.04 bits per heavy atom. The third kappa shape index (κ3) is 2.73. The molecule has 1 fully saturated rings. The lowest BCUT2D eigenvalue weighted by Gasteiger charge is -2.23. The normalized spacial score (nSPS) is 13.9. The summed E-state index contributed by atoms with van der Waals surface area (Å²) in [7, 11) is 1.65. The third-order valence-electron chi connectivity index (χ3n) is 4.47. The number of nitrogens with one attached hydrogen (secondary N) is 1. The van der Waals surface area contributed by atoms with Crippen molar-refractivity contribution in [2.24, 2.45) is 0 Å². The molecule has 0 radical (unpaired) electrons. The van der Waals surface area contributed by atoms with E-state index >= 15 is 0 Å². The first-order chi connectivity index (χ1) is 11.8. The Balaban J connectivity index is 1.62. The van der Waals surface area contributed by atoms with E-state index in [0.29, 0.717) is 18.2 Å². The molecule has 5 heteroatoms. The van der Waals surface area contributed by atoms with Gasteiger partial charge < -0.3 is 9.64 Å². The summed E-state index contributed by atoms with van der Waals surface area (Å²) in [5.74, 6) is 0.883. The second-order valence-electron chi connectivity index (χ2n) is 6.15. The van der Waals surface area contributed by atoms with E-state index in [2.05, 4.69) is 10.2 Å². The van der Waals surface area contributed by atoms with Crippen molar-refractivity contribution in [1.29, 1.82) is 0 Å². The zero-order valence-electron chi connectivity index (χ0n) is 13.5. The average molecular weight is 321 g/mol. The fourth-order valence-electron chi connectivity index (χ4n) is 2.98. The Hall–Kier alpha value is -2.82. The molecule has 1 saturated carbocycles. The highest BCUT2D eigenvalue weighted by Crippen LogP contribution is 2.31. The lowest BCUT2D eigenvalue weighted by atomic mass is 10.1. The van der Waals surface area contributed by atoms with Gasteiger partial charge in [0.05, 0.1) is 24.4 Å². The van der Waals surface area contributed by atoms with Crippen LogP contribution < -0.4 is 4.74 Å². The molecule has 1 heterocycles. The highest BCUT2D eigenvalue weighted by atomic mass is 16.5. The number of amides is 1. The summed E-state index contributed by atoms with van der Waals surface area (Å²) < 4.78 is 5.20. The number of fused-ring (bicyclic) bond motifs is 1. The van der Waals surface area contributed by atoms with Crippen LogP contribution >= 0.6 is 0 Å². The largest absolute Gasteiger partial charge is 0.497 e. The first-order valence-corrected chi connectivity index (χ1v) is 8.12. The van der Waals surface area contributed by atoms with Crippen LogP contribution in [0.15, 0.2) is 48.7 Å². The summed E-state index contributed by atoms with van der Waals surface area (Å²) in [6.45, 7) is 0.609. The van der Waals surface area contributed by atoms with Crippen molar-refractivity contribution in [2.75, 3.05) is 7.11 Å². The van der Waals surface area contributed by atoms with Gasteiger partial charge in [0.15, 0.2) is 0 Å². The molecule has 5 nitrogen and oxygen atoms in total. The molecule has 0 bridgehead atoms. The Bertz CT molecular complexity index is 866. The maximum absolute atomic E-state index is 13.1. The van der Waals surface area contributed by atoms with Crippen molar-refractivity contribution in [3.05, 3.63) is 59.8 Å². The van der Waals surface area contributed by atoms with Gasteiger partial charge in [0.1, 0.15) is 5.75 Å². The molecule has 1 aliphatic rings. The van der Waals surface area contributed by atoms with Crippen molar-refractivity contribution in [1.82, 2.24) is 15.1 Å². The molecule has 0 unspecified atom stereocenters. The van der Waals surface area contributed by atoms with Gasteiger partial charge in [0, 0.05) is 18.0 Å². The fourth-order valence-corrected chi connectivity index (χ4v) is 2.98. The Morgan fingerprint density at radius 1 is 1.25 bits per heavy atom. The van der Waals surface area contributed by atoms with Gasteiger partial charge in [-0.1, -0.05) is 24.3 Å². The number of aromatic amines is 1. The quantitative estimate of drug-likeness (QED) is 0.784. The molecule has 1 amide bonds. The molecule has 3 aromatic rings. The van der Waals surface area contributed by atoms with Crippen LogP contribution in [0, 0.1) is 0 Å². The van der Waals surface area contributed by atoms with Gasteiger partial charge in [-0.25, -0.2) is 0 Å². The number of hydrogen-bond donors (Lipinski definition) is 1. The first kappa shape index (κ1) is 14.8. The summed E-state index contributed by atoms with van der Waals surface area (Å²) in [5.41, 5.74) is 2.60. The molecule has 122 valence electrons. The van der Waals surface area contributed by atoms with Crippen LogP contribution in [0.25, 0.3) is 10.9 Å². The van der Waals surface area contributed by atoms with Gasteiger partial charge in [-0.2, -0.15) is 5.10 Å². The summed E-state index contributed by atoms with van der Waals surface area (Å²) in [4.78, 5) is 15.1. The van der Waals surface area contributed by atoms with Crippen LogP contribution in [0.1, 0.15) is 28.8 Å². The second kappa shape index (κ2) is 6.00. The van der Waals surface area contributed by atoms with Crippen LogP contribution in [-0.4, -0.2) is 34.2 Å². The summed E-state index contributed by atoms with van der Waals surface area (Å²) >= 11 is 0. The second-order valence-corrected chi connectivity index (χ2v) is 6.15. The molecule has 0 saturated heterocycles. The van der Waals surface area contributed by atoms with E-state index < -0.39 is 0 Å². The fraction of sp³-hybridized carbons (Fsp3) is 0.263. The molecule has 1 aliphatic carbocycles. The number of para-hydroxylation sites is 1. The van der Waals surface area contributed by atoms with E-state index in [0.717, 1.165) is 35.1 Å². The molecule has 4 rings (SSSR count). The standard InChI is InChI=1S/C19H19N3O2/c1-24-16-9-5-13(6-10-16)12-22(15-7-8-15)19(23)17-4-2-3-14-11-20-21-18(14)17/h2-6,9-11,15H,7-8,12H2,1H3,(H,20,21). The lowest BCUT2D eigenvalue weighted by molar-refractivity contribution is 0.0731. The topological polar surface area (TPSA) is 58.2 Å². The van der Waals surface area contributed by atoms with Crippen molar-refractivity contribution < 1.29 is 9.53 Å². The summed E-state index contributed by atoms with van der Waals surface area (Å²) in [6.07, 6.45) is 3.89. The van der Waals surface area contributed by atoms with Gasteiger partial charge in [0.25, 0.3) is 5.91 Å². The van der Waals surface area contributed by atoms with Crippen LogP contribution in [0.4, 0.5) is 0 Å². The van der Waals surface area contributed by atoms with E-state index in [1.54, 1.807) is 13.3 Å². The minimum absolute atomic E-state index is 0.0585. The number of methoxy groups -OCH3 is 1. The van der Waals surface area contributed by atoms with E-state index in [9.17, 15) is 4.79 Å². The van der Waals surface area contributed by atoms with Gasteiger partial charge in [-0.05, 0) is 36.6 Å². The number of H-pyrrole nitrogens is 1. The number of nitrogens with zero attached hydrogens (tertiary/aromatic N) is 2. The van der Waals surface area contributed by atoms with Crippen molar-refractivity contribution in [3.8, 4) is 5.75 Å². The van der Waals surface area contributed by atoms with E-state index in [-0.39, 0.29) is 5.91 Å². The van der Waals surface area contributed by atoms with Crippen LogP contribution in [0.3, 0.4) is 0 Å². The predicted octanol–water partition coefficient (Wildman–Crippen LogP) is 3.38. The smallest absolute Gasteiger partial charge is 0.256 e. The lowest BCUT2D eigenvalue weighted by Crippen LogP contribution is -2.32. The number of aromatic nitrogens is 2. The number of carbonyl (C=O) groups excluding carboxylic acids is 1. The molecular weight excluding hydrogens is 302 g/mol. The van der Waals surface area contributed by atoms with E-state index in [1.165, 1.54) is 0 Å². The maximum atomic E-state index is 13.1. The minimum atomic E-state index is 0.0585. The summed E-state index contributed by atoms with van der Waals surface area (Å²) in [6, 6.07) is 14.0. The van der Waals surface area contributed by atoms with Crippen molar-refractivity contribution in [2.45, 2.75) is 25.4 Å². The Morgan fingerprint density at radius 3 is 2.75 bits per heavy atom. The van der Waals surface area contributed by atoms with Crippen LogP contribution in [0.5, 0.6) is 5.75 Å². The number of carbonyl (C=O) groups is 1.